The average Bonchev–Trinajstić information content (AvgIpc) is 2.77. The molecule has 1 unspecified atom stereocenters. The first-order valence-electron chi connectivity index (χ1n) is 5.49. The van der Waals surface area contributed by atoms with Crippen molar-refractivity contribution in [3.05, 3.63) is 42.2 Å². The Balaban J connectivity index is 1.97. The summed E-state index contributed by atoms with van der Waals surface area (Å²) in [6.07, 6.45) is 8.91. The lowest BCUT2D eigenvalue weighted by atomic mass is 10.1. The first-order chi connectivity index (χ1) is 8.29. The molecule has 0 saturated heterocycles. The maximum absolute atomic E-state index is 5.54. The number of nitrogens with one attached hydrogen (secondary N) is 1. The summed E-state index contributed by atoms with van der Waals surface area (Å²) in [5.74, 6) is 5.54. The van der Waals surface area contributed by atoms with Crippen molar-refractivity contribution in [3.8, 4) is 0 Å². The van der Waals surface area contributed by atoms with E-state index in [2.05, 4.69) is 20.5 Å². The molecule has 0 bridgehead atoms. The van der Waals surface area contributed by atoms with Crippen LogP contribution in [0.25, 0.3) is 0 Å². The second-order valence-corrected chi connectivity index (χ2v) is 3.91. The van der Waals surface area contributed by atoms with E-state index in [1.165, 1.54) is 11.9 Å². The Morgan fingerprint density at radius 1 is 1.53 bits per heavy atom. The van der Waals surface area contributed by atoms with Gasteiger partial charge in [0.05, 0.1) is 17.9 Å². The standard InChI is InChI=1S/C11H16N6/c1-17-7-9(6-15-17)2-3-11(16-12)10-4-5-13-8-14-10/h4-8,11,16H,2-3,12H2,1H3. The first-order valence-corrected chi connectivity index (χ1v) is 5.49. The minimum absolute atomic E-state index is 0.0400. The van der Waals surface area contributed by atoms with Crippen LogP contribution < -0.4 is 11.3 Å². The van der Waals surface area contributed by atoms with Gasteiger partial charge < -0.3 is 0 Å². The van der Waals surface area contributed by atoms with Crippen molar-refractivity contribution in [2.24, 2.45) is 12.9 Å². The van der Waals surface area contributed by atoms with E-state index in [0.29, 0.717) is 0 Å². The van der Waals surface area contributed by atoms with Gasteiger partial charge in [0.2, 0.25) is 0 Å². The van der Waals surface area contributed by atoms with Crippen molar-refractivity contribution in [1.82, 2.24) is 25.2 Å². The quantitative estimate of drug-likeness (QED) is 0.574. The molecule has 0 radical (unpaired) electrons. The van der Waals surface area contributed by atoms with E-state index < -0.39 is 0 Å². The molecular weight excluding hydrogens is 216 g/mol. The molecule has 3 N–H and O–H groups in total. The van der Waals surface area contributed by atoms with Gasteiger partial charge in [-0.1, -0.05) is 0 Å². The van der Waals surface area contributed by atoms with Crippen LogP contribution in [0.5, 0.6) is 0 Å². The Kier molecular flexibility index (Phi) is 3.79. The fourth-order valence-electron chi connectivity index (χ4n) is 1.74. The minimum atomic E-state index is 0.0400. The summed E-state index contributed by atoms with van der Waals surface area (Å²) in [5, 5.41) is 4.13. The number of aryl methyl sites for hydroxylation is 2. The van der Waals surface area contributed by atoms with Gasteiger partial charge in [0.25, 0.3) is 0 Å². The maximum atomic E-state index is 5.54. The number of nitrogens with two attached hydrogens (primary N) is 1. The third-order valence-corrected chi connectivity index (χ3v) is 2.64. The summed E-state index contributed by atoms with van der Waals surface area (Å²) >= 11 is 0. The molecule has 90 valence electrons. The van der Waals surface area contributed by atoms with Crippen molar-refractivity contribution in [2.75, 3.05) is 0 Å². The Labute approximate surface area is 99.9 Å². The van der Waals surface area contributed by atoms with Crippen LogP contribution in [0.2, 0.25) is 0 Å². The molecule has 2 rings (SSSR count). The molecule has 6 heteroatoms. The van der Waals surface area contributed by atoms with E-state index in [1.54, 1.807) is 10.9 Å². The summed E-state index contributed by atoms with van der Waals surface area (Å²) in [5.41, 5.74) is 4.88. The molecule has 0 aliphatic heterocycles. The van der Waals surface area contributed by atoms with Crippen molar-refractivity contribution >= 4 is 0 Å². The SMILES string of the molecule is Cn1cc(CCC(NN)c2ccncn2)cn1. The van der Waals surface area contributed by atoms with E-state index in [4.69, 9.17) is 5.84 Å². The molecular formula is C11H16N6. The van der Waals surface area contributed by atoms with Crippen molar-refractivity contribution in [3.63, 3.8) is 0 Å². The molecule has 1 atom stereocenters. The molecule has 6 nitrogen and oxygen atoms in total. The van der Waals surface area contributed by atoms with Gasteiger partial charge in [-0.2, -0.15) is 5.10 Å². The number of nitrogens with zero attached hydrogens (tertiary/aromatic N) is 4. The van der Waals surface area contributed by atoms with Crippen molar-refractivity contribution in [2.45, 2.75) is 18.9 Å². The monoisotopic (exact) mass is 232 g/mol. The highest BCUT2D eigenvalue weighted by molar-refractivity contribution is 5.08. The predicted octanol–water partition coefficient (Wildman–Crippen LogP) is 0.347. The van der Waals surface area contributed by atoms with E-state index in [-0.39, 0.29) is 6.04 Å². The second-order valence-electron chi connectivity index (χ2n) is 3.91. The summed E-state index contributed by atoms with van der Waals surface area (Å²) < 4.78 is 1.80. The molecule has 0 spiro atoms. The number of aromatic nitrogens is 4. The summed E-state index contributed by atoms with van der Waals surface area (Å²) in [6, 6.07) is 1.91. The van der Waals surface area contributed by atoms with E-state index in [1.807, 2.05) is 25.5 Å². The first kappa shape index (κ1) is 11.7. The van der Waals surface area contributed by atoms with Crippen LogP contribution in [0.15, 0.2) is 31.0 Å². The Morgan fingerprint density at radius 3 is 3.00 bits per heavy atom. The Morgan fingerprint density at radius 2 is 2.41 bits per heavy atom. The number of hydrogen-bond donors (Lipinski definition) is 2. The van der Waals surface area contributed by atoms with E-state index >= 15 is 0 Å². The van der Waals surface area contributed by atoms with Crippen LogP contribution in [0.4, 0.5) is 0 Å². The molecule has 2 aromatic rings. The molecule has 2 heterocycles. The summed E-state index contributed by atoms with van der Waals surface area (Å²) in [4.78, 5) is 8.08. The van der Waals surface area contributed by atoms with Crippen molar-refractivity contribution < 1.29 is 0 Å². The molecule has 0 amide bonds. The summed E-state index contributed by atoms with van der Waals surface area (Å²) in [6.45, 7) is 0. The highest BCUT2D eigenvalue weighted by Crippen LogP contribution is 2.15. The third-order valence-electron chi connectivity index (χ3n) is 2.64. The van der Waals surface area contributed by atoms with Crippen LogP contribution in [0.1, 0.15) is 23.7 Å². The zero-order valence-corrected chi connectivity index (χ0v) is 9.74. The number of hydrogen-bond acceptors (Lipinski definition) is 5. The number of hydrazine groups is 1. The molecule has 0 aromatic carbocycles. The zero-order chi connectivity index (χ0) is 12.1. The molecule has 0 aliphatic carbocycles. The van der Waals surface area contributed by atoms with Crippen LogP contribution >= 0.6 is 0 Å². The lowest BCUT2D eigenvalue weighted by Crippen LogP contribution is -2.29. The highest BCUT2D eigenvalue weighted by atomic mass is 15.2. The molecule has 0 aliphatic rings. The van der Waals surface area contributed by atoms with Gasteiger partial charge in [-0.25, -0.2) is 9.97 Å². The lowest BCUT2D eigenvalue weighted by molar-refractivity contribution is 0.503. The fraction of sp³-hybridized carbons (Fsp3) is 0.364. The summed E-state index contributed by atoms with van der Waals surface area (Å²) in [7, 11) is 1.91. The molecule has 0 saturated carbocycles. The minimum Gasteiger partial charge on any atom is -0.276 e. The van der Waals surface area contributed by atoms with E-state index in [0.717, 1.165) is 18.5 Å². The van der Waals surface area contributed by atoms with Crippen LogP contribution in [0, 0.1) is 0 Å². The van der Waals surface area contributed by atoms with Gasteiger partial charge in [-0.15, -0.1) is 0 Å². The van der Waals surface area contributed by atoms with Gasteiger partial charge >= 0.3 is 0 Å². The van der Waals surface area contributed by atoms with Gasteiger partial charge in [0, 0.05) is 19.4 Å². The van der Waals surface area contributed by atoms with Crippen molar-refractivity contribution in [1.29, 1.82) is 0 Å². The van der Waals surface area contributed by atoms with Gasteiger partial charge in [0.1, 0.15) is 6.33 Å². The van der Waals surface area contributed by atoms with Crippen LogP contribution in [0.3, 0.4) is 0 Å². The molecule has 17 heavy (non-hydrogen) atoms. The van der Waals surface area contributed by atoms with E-state index in [9.17, 15) is 0 Å². The maximum Gasteiger partial charge on any atom is 0.115 e. The van der Waals surface area contributed by atoms with Gasteiger partial charge in [-0.3, -0.25) is 16.0 Å². The number of rotatable bonds is 5. The fourth-order valence-corrected chi connectivity index (χ4v) is 1.74. The molecule has 0 fully saturated rings. The lowest BCUT2D eigenvalue weighted by Gasteiger charge is -2.14. The largest absolute Gasteiger partial charge is 0.276 e. The molecule has 2 aromatic heterocycles. The third kappa shape index (κ3) is 3.08. The smallest absolute Gasteiger partial charge is 0.115 e. The zero-order valence-electron chi connectivity index (χ0n) is 9.74. The Hall–Kier alpha value is -1.79. The second kappa shape index (κ2) is 5.51. The van der Waals surface area contributed by atoms with Gasteiger partial charge in [0.15, 0.2) is 0 Å². The topological polar surface area (TPSA) is 81.7 Å². The predicted molar refractivity (Wildman–Crippen MR) is 63.6 cm³/mol. The normalized spacial score (nSPS) is 12.6. The van der Waals surface area contributed by atoms with Gasteiger partial charge in [-0.05, 0) is 24.5 Å². The van der Waals surface area contributed by atoms with Crippen LogP contribution in [-0.4, -0.2) is 19.7 Å². The highest BCUT2D eigenvalue weighted by Gasteiger charge is 2.11. The Bertz CT molecular complexity index is 452. The van der Waals surface area contributed by atoms with Crippen LogP contribution in [-0.2, 0) is 13.5 Å². The average molecular weight is 232 g/mol.